The standard InChI is InChI=1S/C52H6.C24H42N2O4.C21H35NO2.C19H31NO/c1-3-5-7-9-11-13-15-17-19-21-23-25-27-29-31-33-35-37-39-41-43-45-47-49-51-52-50-48-46-44-42-40-38-36-34-32-30-28-26-24-22-20-18-16-14-12-10-8-6-4-2;1-23(2,3)13-16-28-18-19-29-17-14-26-22(27)20-8-10-21(11-9-20)30-15-7-12-24(4,5)25-6;1-7-21(5,6)14-16-24-18-11-9-17(10-12-18)19(23)22-15-8-13-20(2,3)4;1-18(2,3)14-15-9-11-16(12-10-15)17(21)8-7-13-19(4,5)20-6/h1-2H3;8-11,25H,7,12-19H2,1-6H3,(H,26,27);9-12H,7-8,13-16H2,1-6H3,(H,22,23);9-12,20H,7-8,13-14H2,1-6H3. The molecule has 0 aromatic heterocycles. The van der Waals surface area contributed by atoms with Gasteiger partial charge in [-0.2, -0.15) is 0 Å². The number of Topliss-reactive ketones (excluding diaryl/α,β-unsaturated/α-hetero) is 1. The molecule has 127 heavy (non-hydrogen) atoms. The third kappa shape index (κ3) is 74.3. The van der Waals surface area contributed by atoms with Gasteiger partial charge in [0, 0.05) is 243 Å². The number of amides is 2. The molecule has 2 amide bonds. The first-order chi connectivity index (χ1) is 60.8. The van der Waals surface area contributed by atoms with Gasteiger partial charge in [0.15, 0.2) is 5.78 Å². The molecule has 3 aromatic carbocycles. The molecule has 0 bridgehead atoms. The highest BCUT2D eigenvalue weighted by atomic mass is 16.5. The zero-order valence-electron chi connectivity index (χ0n) is 77.7. The Hall–Kier alpha value is -15.3. The van der Waals surface area contributed by atoms with E-state index in [9.17, 15) is 14.4 Å². The largest absolute Gasteiger partial charge is 0.494 e. The predicted molar refractivity (Wildman–Crippen MR) is 521 cm³/mol. The van der Waals surface area contributed by atoms with Crippen LogP contribution in [-0.2, 0) is 15.9 Å². The zero-order chi connectivity index (χ0) is 94.1. The number of hydrogen-bond donors (Lipinski definition) is 4. The average Bonchev–Trinajstić information content (AvgIpc) is 0.883. The summed E-state index contributed by atoms with van der Waals surface area (Å²) in [6.45, 7) is 43.6. The Morgan fingerprint density at radius 1 is 0.291 bits per heavy atom. The molecule has 11 nitrogen and oxygen atoms in total. The fourth-order valence-corrected chi connectivity index (χ4v) is 8.76. The van der Waals surface area contributed by atoms with Gasteiger partial charge in [0.2, 0.25) is 0 Å². The van der Waals surface area contributed by atoms with Crippen LogP contribution in [-0.4, -0.2) is 95.5 Å². The van der Waals surface area contributed by atoms with Gasteiger partial charge in [-0.25, -0.2) is 0 Å². The van der Waals surface area contributed by atoms with Gasteiger partial charge in [-0.15, -0.1) is 0 Å². The summed E-state index contributed by atoms with van der Waals surface area (Å²) in [5.41, 5.74) is 4.87. The Labute approximate surface area is 764 Å². The van der Waals surface area contributed by atoms with Crippen molar-refractivity contribution < 1.29 is 33.3 Å². The van der Waals surface area contributed by atoms with E-state index in [2.05, 4.69) is 440 Å². The molecule has 0 saturated heterocycles. The third-order valence-corrected chi connectivity index (χ3v) is 16.5. The number of ketones is 1. The molecule has 0 unspecified atom stereocenters. The van der Waals surface area contributed by atoms with Crippen molar-refractivity contribution in [2.75, 3.05) is 66.8 Å². The summed E-state index contributed by atoms with van der Waals surface area (Å²) < 4.78 is 22.6. The molecule has 11 heteroatoms. The van der Waals surface area contributed by atoms with Crippen molar-refractivity contribution >= 4 is 17.6 Å². The summed E-state index contributed by atoms with van der Waals surface area (Å²) in [5, 5.41) is 12.4. The Balaban J connectivity index is 0.00000179. The summed E-state index contributed by atoms with van der Waals surface area (Å²) >= 11 is 0. The van der Waals surface area contributed by atoms with Crippen molar-refractivity contribution in [2.45, 2.75) is 206 Å². The maximum absolute atomic E-state index is 12.2. The molecule has 0 radical (unpaired) electrons. The molecule has 3 aromatic rings. The monoisotopic (exact) mass is 1670 g/mol. The van der Waals surface area contributed by atoms with Gasteiger partial charge in [-0.05, 0) is 284 Å². The minimum atomic E-state index is -0.109. The minimum Gasteiger partial charge on any atom is -0.494 e. The van der Waals surface area contributed by atoms with E-state index in [1.807, 2.05) is 62.6 Å². The van der Waals surface area contributed by atoms with Crippen LogP contribution in [0.15, 0.2) is 72.8 Å². The van der Waals surface area contributed by atoms with Crippen molar-refractivity contribution in [3.8, 4) is 308 Å². The topological polar surface area (TPSA) is 136 Å². The van der Waals surface area contributed by atoms with Crippen LogP contribution in [0.1, 0.15) is 225 Å². The molecule has 0 atom stereocenters. The lowest BCUT2D eigenvalue weighted by atomic mass is 9.87. The van der Waals surface area contributed by atoms with E-state index in [1.165, 1.54) is 5.56 Å². The van der Waals surface area contributed by atoms with Crippen molar-refractivity contribution in [3.63, 3.8) is 0 Å². The van der Waals surface area contributed by atoms with Crippen molar-refractivity contribution in [2.24, 2.45) is 21.7 Å². The highest BCUT2D eigenvalue weighted by Gasteiger charge is 2.19. The molecule has 0 aliphatic heterocycles. The van der Waals surface area contributed by atoms with Crippen LogP contribution in [0, 0.1) is 318 Å². The van der Waals surface area contributed by atoms with Gasteiger partial charge in [0.25, 0.3) is 11.8 Å². The average molecular weight is 1680 g/mol. The number of rotatable bonds is 31. The number of ether oxygens (including phenoxy) is 4. The van der Waals surface area contributed by atoms with Crippen LogP contribution in [0.5, 0.6) is 11.5 Å². The number of nitrogens with one attached hydrogen (secondary N) is 4. The lowest BCUT2D eigenvalue weighted by molar-refractivity contribution is 0.0395. The van der Waals surface area contributed by atoms with Crippen LogP contribution in [0.25, 0.3) is 0 Å². The lowest BCUT2D eigenvalue weighted by Crippen LogP contribution is -2.36. The van der Waals surface area contributed by atoms with Gasteiger partial charge >= 0.3 is 0 Å². The lowest BCUT2D eigenvalue weighted by Gasteiger charge is -2.23. The predicted octanol–water partition coefficient (Wildman–Crippen LogP) is 15.2. The Bertz CT molecular complexity index is 5670. The van der Waals surface area contributed by atoms with Crippen LogP contribution in [0.2, 0.25) is 0 Å². The molecule has 3 rings (SSSR count). The smallest absolute Gasteiger partial charge is 0.251 e. The summed E-state index contributed by atoms with van der Waals surface area (Å²) in [6.07, 6.45) is 10.9. The Morgan fingerprint density at radius 3 is 0.882 bits per heavy atom. The molecule has 0 heterocycles. The van der Waals surface area contributed by atoms with E-state index >= 15 is 0 Å². The van der Waals surface area contributed by atoms with E-state index in [0.717, 1.165) is 94.4 Å². The summed E-state index contributed by atoms with van der Waals surface area (Å²) in [4.78, 5) is 36.5. The van der Waals surface area contributed by atoms with Crippen molar-refractivity contribution in [1.29, 1.82) is 0 Å². The number of carbonyl (C=O) groups excluding carboxylic acids is 3. The fourth-order valence-electron chi connectivity index (χ4n) is 8.76. The van der Waals surface area contributed by atoms with Crippen molar-refractivity contribution in [3.05, 3.63) is 95.1 Å². The first kappa shape index (κ1) is 112. The molecule has 0 fully saturated rings. The highest BCUT2D eigenvalue weighted by Crippen LogP contribution is 2.26. The molecular formula is C116H114N4O7. The molecule has 4 N–H and O–H groups in total. The summed E-state index contributed by atoms with van der Waals surface area (Å²) in [6, 6.07) is 22.8. The number of carbonyl (C=O) groups is 3. The molecule has 0 aliphatic carbocycles. The van der Waals surface area contributed by atoms with E-state index in [4.69, 9.17) is 18.9 Å². The first-order valence-corrected chi connectivity index (χ1v) is 41.3. The zero-order valence-corrected chi connectivity index (χ0v) is 77.7. The third-order valence-electron chi connectivity index (χ3n) is 16.5. The van der Waals surface area contributed by atoms with Crippen LogP contribution in [0.3, 0.4) is 0 Å². The van der Waals surface area contributed by atoms with Gasteiger partial charge in [0.05, 0.1) is 33.0 Å². The van der Waals surface area contributed by atoms with Gasteiger partial charge in [0.1, 0.15) is 11.5 Å². The molecule has 0 saturated carbocycles. The van der Waals surface area contributed by atoms with E-state index < -0.39 is 0 Å². The van der Waals surface area contributed by atoms with Gasteiger partial charge < -0.3 is 40.2 Å². The summed E-state index contributed by atoms with van der Waals surface area (Å²) in [5.74, 6) is 127. The maximum Gasteiger partial charge on any atom is 0.251 e. The second kappa shape index (κ2) is 71.3. The normalized spacial score (nSPS) is 8.82. The molecule has 0 spiro atoms. The first-order valence-electron chi connectivity index (χ1n) is 41.3. The Morgan fingerprint density at radius 2 is 0.583 bits per heavy atom. The van der Waals surface area contributed by atoms with E-state index in [0.29, 0.717) is 73.4 Å². The van der Waals surface area contributed by atoms with Crippen molar-refractivity contribution in [1.82, 2.24) is 21.3 Å². The van der Waals surface area contributed by atoms with Crippen LogP contribution >= 0.6 is 0 Å². The number of benzene rings is 3. The molecule has 640 valence electrons. The van der Waals surface area contributed by atoms with E-state index in [1.54, 1.807) is 26.0 Å². The quantitative estimate of drug-likeness (QED) is 0.0282. The second-order valence-corrected chi connectivity index (χ2v) is 32.3. The van der Waals surface area contributed by atoms with E-state index in [-0.39, 0.29) is 34.1 Å². The second-order valence-electron chi connectivity index (χ2n) is 32.3. The molecular weight excluding hydrogens is 1560 g/mol. The number of hydrogen-bond acceptors (Lipinski definition) is 9. The molecule has 0 aliphatic rings. The fraction of sp³-hybridized carbons (Fsp3) is 0.388. The highest BCUT2D eigenvalue weighted by molar-refractivity contribution is 5.96. The maximum atomic E-state index is 12.2. The summed E-state index contributed by atoms with van der Waals surface area (Å²) in [7, 11) is 3.94. The van der Waals surface area contributed by atoms with Crippen LogP contribution in [0.4, 0.5) is 0 Å². The SMILES string of the molecule is CC#CC#CC#CC#CC#CC#CC#CC#CC#CC#CC#CC#CC#CC#CC#CC#CC#CC#CC#CC#CC#CC#CC#CC#CC#CC.CCC(C)(C)CCOc1ccc(C(=O)NCCCC(C)(C)C)cc1.CNC(C)(C)CCCC(=O)c1ccc(CC(C)(C)C)cc1.CNC(C)(C)CCCOc1ccc(C(=O)NCCOCCOCCC(C)(C)C)cc1. The van der Waals surface area contributed by atoms with Gasteiger partial charge in [-0.1, -0.05) is 126 Å². The minimum absolute atomic E-state index is 0.0115. The van der Waals surface area contributed by atoms with Crippen LogP contribution < -0.4 is 30.7 Å². The van der Waals surface area contributed by atoms with Gasteiger partial charge in [-0.3, -0.25) is 14.4 Å². The Kier molecular flexibility index (Phi) is 62.7.